The fourth-order valence-corrected chi connectivity index (χ4v) is 2.82. The summed E-state index contributed by atoms with van der Waals surface area (Å²) in [6.45, 7) is 0.173. The largest absolute Gasteiger partial charge is 0.401 e. The van der Waals surface area contributed by atoms with Crippen LogP contribution in [-0.4, -0.2) is 64.4 Å². The highest BCUT2D eigenvalue weighted by Gasteiger charge is 2.32. The third-order valence-corrected chi connectivity index (χ3v) is 4.00. The average molecular weight is 341 g/mol. The maximum absolute atomic E-state index is 12.4. The SMILES string of the molecule is Nc1ccc2nn(CC(=O)N3CCN(CC(F)(F)F)CC3)cc2c1. The van der Waals surface area contributed by atoms with E-state index < -0.39 is 12.7 Å². The molecule has 1 amide bonds. The molecule has 1 aliphatic rings. The predicted octanol–water partition coefficient (Wildman–Crippen LogP) is 1.32. The van der Waals surface area contributed by atoms with Gasteiger partial charge in [0, 0.05) is 43.4 Å². The number of halogens is 3. The molecule has 0 saturated carbocycles. The summed E-state index contributed by atoms with van der Waals surface area (Å²) in [6, 6.07) is 5.29. The molecule has 9 heteroatoms. The van der Waals surface area contributed by atoms with Crippen LogP contribution in [0.1, 0.15) is 0 Å². The molecule has 1 saturated heterocycles. The number of nitrogens with zero attached hydrogens (tertiary/aromatic N) is 4. The van der Waals surface area contributed by atoms with E-state index in [9.17, 15) is 18.0 Å². The monoisotopic (exact) mass is 341 g/mol. The zero-order chi connectivity index (χ0) is 17.3. The molecule has 1 aliphatic heterocycles. The number of piperazine rings is 1. The lowest BCUT2D eigenvalue weighted by atomic mass is 10.2. The summed E-state index contributed by atoms with van der Waals surface area (Å²) in [5.74, 6) is -0.151. The van der Waals surface area contributed by atoms with E-state index in [4.69, 9.17) is 5.73 Å². The van der Waals surface area contributed by atoms with Crippen molar-refractivity contribution in [1.82, 2.24) is 19.6 Å². The van der Waals surface area contributed by atoms with Crippen molar-refractivity contribution in [2.75, 3.05) is 38.5 Å². The smallest absolute Gasteiger partial charge is 0.399 e. The van der Waals surface area contributed by atoms with Crippen molar-refractivity contribution >= 4 is 22.5 Å². The van der Waals surface area contributed by atoms with Crippen LogP contribution in [0, 0.1) is 0 Å². The van der Waals surface area contributed by atoms with E-state index in [1.54, 1.807) is 29.3 Å². The Morgan fingerprint density at radius 1 is 1.21 bits per heavy atom. The van der Waals surface area contributed by atoms with E-state index in [1.165, 1.54) is 9.58 Å². The first-order chi connectivity index (χ1) is 11.3. The number of aromatic nitrogens is 2. The number of nitrogens with two attached hydrogens (primary N) is 1. The molecule has 0 unspecified atom stereocenters. The van der Waals surface area contributed by atoms with Gasteiger partial charge in [0.05, 0.1) is 12.1 Å². The second kappa shape index (κ2) is 6.31. The summed E-state index contributed by atoms with van der Waals surface area (Å²) in [6.07, 6.45) is -2.47. The van der Waals surface area contributed by atoms with Gasteiger partial charge in [0.25, 0.3) is 0 Å². The lowest BCUT2D eigenvalue weighted by Gasteiger charge is -2.34. The fourth-order valence-electron chi connectivity index (χ4n) is 2.82. The quantitative estimate of drug-likeness (QED) is 0.855. The van der Waals surface area contributed by atoms with Gasteiger partial charge in [-0.3, -0.25) is 14.4 Å². The van der Waals surface area contributed by atoms with Gasteiger partial charge in [-0.25, -0.2) is 0 Å². The van der Waals surface area contributed by atoms with Gasteiger partial charge >= 0.3 is 6.18 Å². The molecule has 0 atom stereocenters. The first kappa shape index (κ1) is 16.6. The Balaban J connectivity index is 1.57. The number of carbonyl (C=O) groups is 1. The van der Waals surface area contributed by atoms with Crippen molar-refractivity contribution in [3.05, 3.63) is 24.4 Å². The van der Waals surface area contributed by atoms with E-state index in [2.05, 4.69) is 5.10 Å². The molecule has 1 aromatic carbocycles. The highest BCUT2D eigenvalue weighted by molar-refractivity contribution is 5.82. The minimum atomic E-state index is -4.21. The summed E-state index contributed by atoms with van der Waals surface area (Å²) in [5, 5.41) is 5.15. The number of alkyl halides is 3. The number of rotatable bonds is 3. The summed E-state index contributed by atoms with van der Waals surface area (Å²) in [7, 11) is 0. The highest BCUT2D eigenvalue weighted by Crippen LogP contribution is 2.18. The zero-order valence-electron chi connectivity index (χ0n) is 13.0. The Hall–Kier alpha value is -2.29. The van der Waals surface area contributed by atoms with Crippen molar-refractivity contribution in [2.45, 2.75) is 12.7 Å². The van der Waals surface area contributed by atoms with Crippen LogP contribution in [-0.2, 0) is 11.3 Å². The maximum atomic E-state index is 12.4. The van der Waals surface area contributed by atoms with Crippen LogP contribution in [0.2, 0.25) is 0 Å². The molecule has 0 aliphatic carbocycles. The third-order valence-electron chi connectivity index (χ3n) is 4.00. The van der Waals surface area contributed by atoms with Crippen molar-refractivity contribution < 1.29 is 18.0 Å². The summed E-state index contributed by atoms with van der Waals surface area (Å²) in [5.41, 5.74) is 7.07. The molecule has 6 nitrogen and oxygen atoms in total. The van der Waals surface area contributed by atoms with Crippen molar-refractivity contribution in [1.29, 1.82) is 0 Å². The Morgan fingerprint density at radius 2 is 1.92 bits per heavy atom. The molecule has 0 spiro atoms. The van der Waals surface area contributed by atoms with Gasteiger partial charge < -0.3 is 10.6 Å². The molecule has 1 aromatic heterocycles. The number of hydrogen-bond acceptors (Lipinski definition) is 4. The maximum Gasteiger partial charge on any atom is 0.401 e. The number of carbonyl (C=O) groups excluding carboxylic acids is 1. The van der Waals surface area contributed by atoms with Gasteiger partial charge in [0.1, 0.15) is 6.54 Å². The summed E-state index contributed by atoms with van der Waals surface area (Å²) >= 11 is 0. The van der Waals surface area contributed by atoms with Crippen molar-refractivity contribution in [2.24, 2.45) is 0 Å². The summed E-state index contributed by atoms with van der Waals surface area (Å²) in [4.78, 5) is 15.2. The normalized spacial score (nSPS) is 16.7. The number of amides is 1. The molecule has 1 fully saturated rings. The molecule has 0 bridgehead atoms. The van der Waals surface area contributed by atoms with E-state index in [0.717, 1.165) is 10.9 Å². The van der Waals surface area contributed by atoms with E-state index in [-0.39, 0.29) is 25.5 Å². The number of anilines is 1. The Bertz CT molecular complexity index is 734. The lowest BCUT2D eigenvalue weighted by molar-refractivity contribution is -0.151. The number of benzene rings is 1. The zero-order valence-corrected chi connectivity index (χ0v) is 13.0. The Labute approximate surface area is 136 Å². The van der Waals surface area contributed by atoms with Gasteiger partial charge in [-0.05, 0) is 18.2 Å². The van der Waals surface area contributed by atoms with Crippen LogP contribution in [0.15, 0.2) is 24.4 Å². The average Bonchev–Trinajstić information content (AvgIpc) is 2.87. The van der Waals surface area contributed by atoms with Gasteiger partial charge in [0.2, 0.25) is 5.91 Å². The summed E-state index contributed by atoms with van der Waals surface area (Å²) < 4.78 is 38.6. The van der Waals surface area contributed by atoms with Crippen LogP contribution in [0.3, 0.4) is 0 Å². The van der Waals surface area contributed by atoms with Crippen molar-refractivity contribution in [3.8, 4) is 0 Å². The molecule has 3 rings (SSSR count). The van der Waals surface area contributed by atoms with Crippen LogP contribution in [0.5, 0.6) is 0 Å². The highest BCUT2D eigenvalue weighted by atomic mass is 19.4. The number of fused-ring (bicyclic) bond motifs is 1. The molecular weight excluding hydrogens is 323 g/mol. The minimum Gasteiger partial charge on any atom is -0.399 e. The lowest BCUT2D eigenvalue weighted by Crippen LogP contribution is -2.51. The second-order valence-electron chi connectivity index (χ2n) is 5.92. The minimum absolute atomic E-state index is 0.0633. The first-order valence-corrected chi connectivity index (χ1v) is 7.60. The van der Waals surface area contributed by atoms with Gasteiger partial charge in [0.15, 0.2) is 0 Å². The molecule has 24 heavy (non-hydrogen) atoms. The molecule has 130 valence electrons. The van der Waals surface area contributed by atoms with Gasteiger partial charge in [-0.15, -0.1) is 0 Å². The first-order valence-electron chi connectivity index (χ1n) is 7.60. The molecule has 2 heterocycles. The molecule has 2 aromatic rings. The van der Waals surface area contributed by atoms with Crippen LogP contribution in [0.4, 0.5) is 18.9 Å². The number of hydrogen-bond donors (Lipinski definition) is 1. The second-order valence-corrected chi connectivity index (χ2v) is 5.92. The Kier molecular flexibility index (Phi) is 4.35. The number of nitrogen functional groups attached to an aromatic ring is 1. The fraction of sp³-hybridized carbons (Fsp3) is 0.467. The Morgan fingerprint density at radius 3 is 2.58 bits per heavy atom. The van der Waals surface area contributed by atoms with Gasteiger partial charge in [-0.2, -0.15) is 18.3 Å². The van der Waals surface area contributed by atoms with Crippen molar-refractivity contribution in [3.63, 3.8) is 0 Å². The van der Waals surface area contributed by atoms with Crippen LogP contribution in [0.25, 0.3) is 10.9 Å². The standard InChI is InChI=1S/C15H18F3N5O/c16-15(17,18)10-21-3-5-22(6-4-21)14(24)9-23-8-11-7-12(19)1-2-13(11)20-23/h1-2,7-8H,3-6,9-10,19H2. The molecule has 2 N–H and O–H groups in total. The molecule has 0 radical (unpaired) electrons. The predicted molar refractivity (Wildman–Crippen MR) is 83.2 cm³/mol. The van der Waals surface area contributed by atoms with E-state index >= 15 is 0 Å². The molecular formula is C15H18F3N5O. The third kappa shape index (κ3) is 3.97. The van der Waals surface area contributed by atoms with E-state index in [1.807, 2.05) is 0 Å². The topological polar surface area (TPSA) is 67.4 Å². The van der Waals surface area contributed by atoms with Crippen LogP contribution < -0.4 is 5.73 Å². The van der Waals surface area contributed by atoms with E-state index in [0.29, 0.717) is 18.8 Å². The van der Waals surface area contributed by atoms with Crippen LogP contribution >= 0.6 is 0 Å². The van der Waals surface area contributed by atoms with Gasteiger partial charge in [-0.1, -0.05) is 0 Å².